The number of hydrogen-bond acceptors (Lipinski definition) is 0. The average Bonchev–Trinajstić information content (AvgIpc) is 3.62. The summed E-state index contributed by atoms with van der Waals surface area (Å²) >= 11 is 39.2. The second kappa shape index (κ2) is 15.2. The molecule has 0 saturated carbocycles. The minimum Gasteiger partial charge on any atom is -1.00 e. The SMILES string of the molecule is CC(C)(C)c1ccc2c(c1)[C]([Zr+2])=c1c-2cc(=C(c2ccc(C(Cl)(Cl)Cl)cc2)c2ccc(C(Cl)(Cl)Cl)cc2)c(C(C)(C)C)c1C1=CC=CC1.[Cl-].[Cl-]. The molecule has 2 aliphatic rings. The maximum Gasteiger partial charge on any atom is -1.00 e. The van der Waals surface area contributed by atoms with Crippen LogP contribution in [0.1, 0.15) is 92.5 Å². The molecule has 0 bridgehead atoms. The predicted octanol–water partition coefficient (Wildman–Crippen LogP) is 6.22. The first-order valence-corrected chi connectivity index (χ1v) is 19.3. The number of hydrogen-bond donors (Lipinski definition) is 0. The van der Waals surface area contributed by atoms with E-state index in [9.17, 15) is 0 Å². The van der Waals surface area contributed by atoms with E-state index in [1.54, 1.807) is 0 Å². The molecule has 6 rings (SSSR count). The maximum atomic E-state index is 6.30. The molecule has 0 atom stereocenters. The van der Waals surface area contributed by atoms with E-state index >= 15 is 0 Å². The number of rotatable bonds is 3. The van der Waals surface area contributed by atoms with Crippen molar-refractivity contribution < 1.29 is 49.5 Å². The van der Waals surface area contributed by atoms with Gasteiger partial charge in [0.15, 0.2) is 0 Å². The third kappa shape index (κ3) is 8.19. The zero-order chi connectivity index (χ0) is 35.0. The van der Waals surface area contributed by atoms with Crippen LogP contribution in [0.2, 0.25) is 0 Å². The van der Waals surface area contributed by atoms with Crippen molar-refractivity contribution in [2.24, 2.45) is 0 Å². The van der Waals surface area contributed by atoms with Gasteiger partial charge in [-0.3, -0.25) is 0 Å². The van der Waals surface area contributed by atoms with Gasteiger partial charge in [0.05, 0.1) is 0 Å². The van der Waals surface area contributed by atoms with Crippen LogP contribution >= 0.6 is 69.6 Å². The normalized spacial score (nSPS) is 14.1. The molecule has 0 fully saturated rings. The van der Waals surface area contributed by atoms with Gasteiger partial charge in [0.25, 0.3) is 0 Å². The Morgan fingerprint density at radius 3 is 1.52 bits per heavy atom. The van der Waals surface area contributed by atoms with Gasteiger partial charge >= 0.3 is 332 Å². The first kappa shape index (κ1) is 42.1. The molecular weight excluding hydrogens is 867 g/mol. The summed E-state index contributed by atoms with van der Waals surface area (Å²) in [5.74, 6) is 0. The Morgan fingerprint density at radius 2 is 1.10 bits per heavy atom. The van der Waals surface area contributed by atoms with E-state index in [1.165, 1.54) is 72.2 Å². The summed E-state index contributed by atoms with van der Waals surface area (Å²) in [5, 5.41) is 2.51. The van der Waals surface area contributed by atoms with Crippen LogP contribution in [-0.2, 0) is 43.1 Å². The molecule has 0 spiro atoms. The van der Waals surface area contributed by atoms with Gasteiger partial charge in [-0.15, -0.1) is 0 Å². The fourth-order valence-electron chi connectivity index (χ4n) is 6.80. The summed E-state index contributed by atoms with van der Waals surface area (Å²) in [6, 6.07) is 25.1. The zero-order valence-electron chi connectivity index (χ0n) is 28.4. The fraction of sp³-hybridized carbons (Fsp3) is 0.268. The molecular formula is C41H35Cl8Zr. The minimum absolute atomic E-state index is 0. The first-order valence-electron chi connectivity index (χ1n) is 15.8. The van der Waals surface area contributed by atoms with E-state index in [-0.39, 0.29) is 35.6 Å². The van der Waals surface area contributed by atoms with Crippen molar-refractivity contribution in [1.82, 2.24) is 0 Å². The number of benzene rings is 4. The smallest absolute Gasteiger partial charge is 1.00 e. The van der Waals surface area contributed by atoms with E-state index in [4.69, 9.17) is 69.6 Å². The summed E-state index contributed by atoms with van der Waals surface area (Å²) in [6.45, 7) is 13.8. The van der Waals surface area contributed by atoms with Crippen LogP contribution in [0.15, 0.2) is 91.0 Å². The first-order chi connectivity index (χ1) is 22.3. The van der Waals surface area contributed by atoms with Crippen molar-refractivity contribution in [3.05, 3.63) is 146 Å². The van der Waals surface area contributed by atoms with Gasteiger partial charge in [-0.25, -0.2) is 0 Å². The van der Waals surface area contributed by atoms with Gasteiger partial charge in [-0.2, -0.15) is 0 Å². The van der Waals surface area contributed by atoms with Crippen molar-refractivity contribution >= 4 is 84.0 Å². The molecule has 0 amide bonds. The second-order valence-corrected chi connectivity index (χ2v) is 20.4. The molecule has 0 aromatic heterocycles. The summed E-state index contributed by atoms with van der Waals surface area (Å²) in [4.78, 5) is 0. The summed E-state index contributed by atoms with van der Waals surface area (Å²) in [5.41, 5.74) is 13.3. The van der Waals surface area contributed by atoms with Crippen molar-refractivity contribution in [2.75, 3.05) is 0 Å². The van der Waals surface area contributed by atoms with Gasteiger partial charge in [0.2, 0.25) is 0 Å². The van der Waals surface area contributed by atoms with Crippen LogP contribution in [0.5, 0.6) is 0 Å². The molecule has 0 heterocycles. The summed E-state index contributed by atoms with van der Waals surface area (Å²) in [6.07, 6.45) is 7.60. The zero-order valence-corrected chi connectivity index (χ0v) is 36.9. The number of alkyl halides is 6. The quantitative estimate of drug-likeness (QED) is 0.215. The maximum absolute atomic E-state index is 6.30. The largest absolute Gasteiger partial charge is 1.00 e. The van der Waals surface area contributed by atoms with Crippen LogP contribution < -0.4 is 35.3 Å². The summed E-state index contributed by atoms with van der Waals surface area (Å²) in [7, 11) is 0. The Morgan fingerprint density at radius 1 is 0.600 bits per heavy atom. The van der Waals surface area contributed by atoms with Crippen molar-refractivity contribution in [2.45, 2.75) is 66.4 Å². The third-order valence-electron chi connectivity index (χ3n) is 9.14. The Hall–Kier alpha value is -0.697. The Labute approximate surface area is 353 Å². The molecule has 0 nitrogen and oxygen atoms in total. The van der Waals surface area contributed by atoms with Gasteiger partial charge < -0.3 is 24.8 Å². The monoisotopic (exact) mass is 897 g/mol. The van der Waals surface area contributed by atoms with E-state index < -0.39 is 7.59 Å². The minimum atomic E-state index is -1.53. The Kier molecular flexibility index (Phi) is 12.8. The molecule has 0 aliphatic heterocycles. The van der Waals surface area contributed by atoms with E-state index in [0.29, 0.717) is 11.1 Å². The average molecular weight is 903 g/mol. The standard InChI is InChI=1S/C41H35Cl6.2ClH.Zr/c1-38(2,3)30-19-20-31-27(21-30)22-33-32(31)23-34(37(39(4,5)6)36(33)24-9-7-8-10-24)35(25-11-15-28(16-12-25)40(42,43)44)26-13-17-29(18-14-26)41(45,46)47;;;/h7-9,11-21,23H,10H2,1-6H3;2*1H;/q;;;+2/p-2. The molecule has 4 aromatic rings. The van der Waals surface area contributed by atoms with Crippen LogP contribution in [0.4, 0.5) is 0 Å². The van der Waals surface area contributed by atoms with E-state index in [1.807, 2.05) is 48.5 Å². The van der Waals surface area contributed by atoms with E-state index in [2.05, 4.69) is 84.0 Å². The number of allylic oxidation sites excluding steroid dienone is 4. The molecule has 9 heteroatoms. The van der Waals surface area contributed by atoms with Crippen LogP contribution in [-0.4, -0.2) is 0 Å². The molecule has 50 heavy (non-hydrogen) atoms. The molecule has 259 valence electrons. The van der Waals surface area contributed by atoms with Gasteiger partial charge in [0, 0.05) is 0 Å². The topological polar surface area (TPSA) is 0 Å². The second-order valence-electron chi connectivity index (χ2n) is 14.6. The van der Waals surface area contributed by atoms with Crippen LogP contribution in [0, 0.1) is 0 Å². The molecule has 0 radical (unpaired) electrons. The molecule has 0 saturated heterocycles. The van der Waals surface area contributed by atoms with Crippen molar-refractivity contribution in [3.63, 3.8) is 0 Å². The van der Waals surface area contributed by atoms with Gasteiger partial charge in [0.1, 0.15) is 0 Å². The fourth-order valence-corrected chi connectivity index (χ4v) is 8.70. The Bertz CT molecular complexity index is 2060. The molecule has 4 aromatic carbocycles. The van der Waals surface area contributed by atoms with Gasteiger partial charge in [-0.05, 0) is 0 Å². The number of halogens is 8. The summed E-state index contributed by atoms with van der Waals surface area (Å²) < 4.78 is -1.66. The number of fused-ring (bicyclic) bond motifs is 3. The van der Waals surface area contributed by atoms with Crippen molar-refractivity contribution in [3.8, 4) is 11.1 Å². The third-order valence-corrected chi connectivity index (χ3v) is 11.7. The van der Waals surface area contributed by atoms with Crippen molar-refractivity contribution in [1.29, 1.82) is 0 Å². The Balaban J connectivity index is 0.00000281. The van der Waals surface area contributed by atoms with Crippen LogP contribution in [0.25, 0.3) is 25.6 Å². The van der Waals surface area contributed by atoms with E-state index in [0.717, 1.165) is 28.3 Å². The predicted molar refractivity (Wildman–Crippen MR) is 206 cm³/mol. The molecule has 2 aliphatic carbocycles. The van der Waals surface area contributed by atoms with Gasteiger partial charge in [-0.1, -0.05) is 0 Å². The molecule has 0 N–H and O–H groups in total. The molecule has 0 unspecified atom stereocenters. The van der Waals surface area contributed by atoms with Crippen LogP contribution in [0.3, 0.4) is 0 Å².